The minimum absolute atomic E-state index is 0.00306. The summed E-state index contributed by atoms with van der Waals surface area (Å²) in [6, 6.07) is 15.1. The normalized spacial score (nSPS) is 12.7. The summed E-state index contributed by atoms with van der Waals surface area (Å²) in [5.41, 5.74) is 9.56. The Hall–Kier alpha value is -9.17. The summed E-state index contributed by atoms with van der Waals surface area (Å²) >= 11 is 6.23. The van der Waals surface area contributed by atoms with E-state index in [1.165, 1.54) is 0 Å². The van der Waals surface area contributed by atoms with Crippen molar-refractivity contribution >= 4 is 77.1 Å². The lowest BCUT2D eigenvalue weighted by Crippen LogP contribution is -2.57. The molecular weight excluding hydrogens is 1240 g/mol. The van der Waals surface area contributed by atoms with Gasteiger partial charge in [0.25, 0.3) is 0 Å². The van der Waals surface area contributed by atoms with E-state index in [-0.39, 0.29) is 96.5 Å². The highest BCUT2D eigenvalue weighted by Gasteiger charge is 2.31. The number of carboxylic acid groups (broad SMARTS) is 3. The number of unbranched alkanes of at least 4 members (excludes halogenated alkanes) is 4. The maximum atomic E-state index is 14.5. The quantitative estimate of drug-likeness (QED) is 0.0118. The van der Waals surface area contributed by atoms with E-state index in [0.29, 0.717) is 66.8 Å². The van der Waals surface area contributed by atoms with E-state index < -0.39 is 114 Å². The number of nitrogens with zero attached hydrogens (tertiary/aromatic N) is 4. The summed E-state index contributed by atoms with van der Waals surface area (Å²) in [7, 11) is 0. The van der Waals surface area contributed by atoms with Crippen LogP contribution < -0.4 is 47.3 Å². The third-order valence-corrected chi connectivity index (χ3v) is 14.2. The van der Waals surface area contributed by atoms with Crippen LogP contribution in [0.3, 0.4) is 0 Å². The van der Waals surface area contributed by atoms with Gasteiger partial charge in [-0.25, -0.2) is 19.2 Å². The number of aliphatic carboxylic acids is 3. The van der Waals surface area contributed by atoms with Crippen LogP contribution in [0.15, 0.2) is 84.0 Å². The number of nitrogens with one attached hydrogen (secondary N) is 8. The molecule has 29 heteroatoms. The van der Waals surface area contributed by atoms with E-state index in [2.05, 4.69) is 52.6 Å². The number of urea groups is 1. The van der Waals surface area contributed by atoms with E-state index in [9.17, 15) is 63.0 Å². The number of alkyl carbamates (subject to hydrolysis) is 1. The van der Waals surface area contributed by atoms with Crippen molar-refractivity contribution in [2.24, 2.45) is 5.11 Å². The zero-order valence-corrected chi connectivity index (χ0v) is 55.2. The second-order valence-corrected chi connectivity index (χ2v) is 24.9. The number of ether oxygens (including phenoxy) is 2. The van der Waals surface area contributed by atoms with Gasteiger partial charge in [-0.2, -0.15) is 0 Å². The summed E-state index contributed by atoms with van der Waals surface area (Å²) in [5, 5.41) is 53.0. The molecule has 94 heavy (non-hydrogen) atoms. The molecule has 0 saturated carbocycles. The topological polar surface area (TPSA) is 415 Å². The number of hydrogen-bond donors (Lipinski definition) is 11. The molecule has 0 aromatic heterocycles. The molecule has 0 heterocycles. The van der Waals surface area contributed by atoms with Crippen LogP contribution in [0.1, 0.15) is 155 Å². The number of rotatable bonds is 43. The van der Waals surface area contributed by atoms with Crippen LogP contribution in [0.25, 0.3) is 10.4 Å². The molecule has 0 bridgehead atoms. The highest BCUT2D eigenvalue weighted by molar-refractivity contribution is 6.30. The first kappa shape index (κ1) is 79.1. The smallest absolute Gasteiger partial charge is 0.407 e. The Labute approximate surface area is 553 Å². The van der Waals surface area contributed by atoms with Gasteiger partial charge in [0.15, 0.2) is 0 Å². The molecule has 11 N–H and O–H groups in total. The van der Waals surface area contributed by atoms with Crippen LogP contribution in [-0.4, -0.2) is 160 Å². The molecule has 3 rings (SSSR count). The van der Waals surface area contributed by atoms with Crippen LogP contribution in [0.4, 0.5) is 9.59 Å². The Balaban J connectivity index is 1.66. The second-order valence-electron chi connectivity index (χ2n) is 24.5. The number of carbonyl (C=O) groups is 11. The first-order valence-electron chi connectivity index (χ1n) is 31.5. The summed E-state index contributed by atoms with van der Waals surface area (Å²) in [4.78, 5) is 147. The standard InChI is InChI=1S/C65H93ClN12O16/c1-64(2,3)93-47-28-26-44(27-29-47)41-52(59(86)73-48(57(84)69-36-18-37-71-77-67)23-12-15-35-70-63(92)94-65(4,5)6)74-58(85)51(40-43-19-9-7-10-20-43)72-54(80)32-31-53(79)68-34-14-8-11-25-55(81)78(42-45-21-17-22-46(66)39-45)38-16-13-24-49(60(87)88)75-62(91)76-50(61(89)90)30-33-56(82)83/h7,9-10,17,19-22,26-29,39,48-52H,8,11-16,18,23-25,30-38,40-42H2,1-6H3,(H,68,79)(H,69,84)(H,70,92)(H,72,80)(H,73,86)(H,74,85)(H,82,83)(H,87,88)(H,89,90)(H2,75,76,91). The Morgan fingerprint density at radius 3 is 1.72 bits per heavy atom. The molecule has 9 amide bonds. The number of hydrogen-bond acceptors (Lipinski definition) is 14. The van der Waals surface area contributed by atoms with Gasteiger partial charge in [-0.05, 0) is 152 Å². The predicted molar refractivity (Wildman–Crippen MR) is 349 cm³/mol. The van der Waals surface area contributed by atoms with Crippen LogP contribution in [0, 0.1) is 0 Å². The van der Waals surface area contributed by atoms with Gasteiger partial charge in [0.2, 0.25) is 35.4 Å². The Bertz CT molecular complexity index is 3010. The van der Waals surface area contributed by atoms with Crippen LogP contribution >= 0.6 is 11.6 Å². The second kappa shape index (κ2) is 42.1. The monoisotopic (exact) mass is 1330 g/mol. The van der Waals surface area contributed by atoms with Gasteiger partial charge >= 0.3 is 30.0 Å². The summed E-state index contributed by atoms with van der Waals surface area (Å²) in [5.74, 6) is -6.78. The van der Waals surface area contributed by atoms with Crippen LogP contribution in [-0.2, 0) is 67.3 Å². The van der Waals surface area contributed by atoms with Gasteiger partial charge in [-0.1, -0.05) is 77.7 Å². The summed E-state index contributed by atoms with van der Waals surface area (Å²) in [6.07, 6.45) is 1.26. The van der Waals surface area contributed by atoms with E-state index in [1.807, 2.05) is 20.8 Å². The van der Waals surface area contributed by atoms with Crippen molar-refractivity contribution in [3.8, 4) is 5.75 Å². The zero-order valence-electron chi connectivity index (χ0n) is 54.5. The molecule has 3 aromatic carbocycles. The van der Waals surface area contributed by atoms with Crippen molar-refractivity contribution in [3.63, 3.8) is 0 Å². The molecule has 3 aromatic rings. The largest absolute Gasteiger partial charge is 0.488 e. The van der Waals surface area contributed by atoms with Crippen molar-refractivity contribution in [1.82, 2.24) is 47.4 Å². The maximum absolute atomic E-state index is 14.5. The van der Waals surface area contributed by atoms with Crippen molar-refractivity contribution in [2.45, 2.75) is 199 Å². The molecule has 0 aliphatic carbocycles. The highest BCUT2D eigenvalue weighted by Crippen LogP contribution is 2.21. The Morgan fingerprint density at radius 2 is 1.11 bits per heavy atom. The van der Waals surface area contributed by atoms with E-state index >= 15 is 0 Å². The molecule has 28 nitrogen and oxygen atoms in total. The van der Waals surface area contributed by atoms with Gasteiger partial charge in [0.1, 0.15) is 47.2 Å². The van der Waals surface area contributed by atoms with E-state index in [4.69, 9.17) is 31.7 Å². The molecule has 0 radical (unpaired) electrons. The third kappa shape index (κ3) is 35.0. The third-order valence-electron chi connectivity index (χ3n) is 14.0. The average Bonchev–Trinajstić information content (AvgIpc) is 1.10. The molecule has 0 aliphatic heterocycles. The number of carbonyl (C=O) groups excluding carboxylic acids is 8. The number of carboxylic acids is 3. The van der Waals surface area contributed by atoms with Gasteiger partial charge < -0.3 is 72.2 Å². The number of azide groups is 1. The van der Waals surface area contributed by atoms with Gasteiger partial charge in [-0.3, -0.25) is 33.6 Å². The zero-order chi connectivity index (χ0) is 69.6. The van der Waals surface area contributed by atoms with Gasteiger partial charge in [0, 0.05) is 87.7 Å². The molecule has 0 aliphatic rings. The van der Waals surface area contributed by atoms with Gasteiger partial charge in [-0.15, -0.1) is 0 Å². The van der Waals surface area contributed by atoms with Crippen LogP contribution in [0.5, 0.6) is 5.75 Å². The first-order valence-corrected chi connectivity index (χ1v) is 31.9. The molecule has 0 spiro atoms. The van der Waals surface area contributed by atoms with E-state index in [1.54, 1.807) is 105 Å². The van der Waals surface area contributed by atoms with Crippen molar-refractivity contribution in [3.05, 3.63) is 111 Å². The molecule has 0 fully saturated rings. The fourth-order valence-electron chi connectivity index (χ4n) is 9.36. The molecule has 5 unspecified atom stereocenters. The molecule has 516 valence electrons. The lowest BCUT2D eigenvalue weighted by molar-refractivity contribution is -0.141. The minimum Gasteiger partial charge on any atom is -0.488 e. The highest BCUT2D eigenvalue weighted by atomic mass is 35.5. The van der Waals surface area contributed by atoms with Crippen molar-refractivity contribution < 1.29 is 77.5 Å². The molecule has 5 atom stereocenters. The van der Waals surface area contributed by atoms with Crippen molar-refractivity contribution in [2.75, 3.05) is 32.7 Å². The fourth-order valence-corrected chi connectivity index (χ4v) is 9.57. The summed E-state index contributed by atoms with van der Waals surface area (Å²) < 4.78 is 11.3. The van der Waals surface area contributed by atoms with Crippen LogP contribution in [0.2, 0.25) is 5.02 Å². The predicted octanol–water partition coefficient (Wildman–Crippen LogP) is 6.99. The lowest BCUT2D eigenvalue weighted by Gasteiger charge is -2.26. The maximum Gasteiger partial charge on any atom is 0.407 e. The number of benzene rings is 3. The fraction of sp³-hybridized carbons (Fsp3) is 0.554. The number of halogens is 1. The van der Waals surface area contributed by atoms with E-state index in [0.717, 1.165) is 5.56 Å². The lowest BCUT2D eigenvalue weighted by atomic mass is 10.0. The van der Waals surface area contributed by atoms with Gasteiger partial charge in [0.05, 0.1) is 0 Å². The SMILES string of the molecule is CC(C)(C)OC(=O)NCCCCC(NC(=O)C(Cc1ccc(OC(C)(C)C)cc1)NC(=O)C(Cc1ccccc1)NC(=O)CCC(=O)NCCCCCC(=O)N(CCCCC(NC(=O)NC(CCC(=O)O)C(=O)O)C(=O)O)Cc1cccc(Cl)c1)C(=O)NCCCN=[N+]=[N-]. The Morgan fingerprint density at radius 1 is 0.543 bits per heavy atom. The molecule has 0 saturated heterocycles. The first-order chi connectivity index (χ1) is 44.5. The Kier molecular flexibility index (Phi) is 35.4. The molecular formula is C65H93ClN12O16. The average molecular weight is 1330 g/mol. The van der Waals surface area contributed by atoms with Crippen molar-refractivity contribution in [1.29, 1.82) is 0 Å². The minimum atomic E-state index is -1.56. The summed E-state index contributed by atoms with van der Waals surface area (Å²) in [6.45, 7) is 12.0. The number of amides is 9.